The van der Waals surface area contributed by atoms with E-state index in [1.807, 2.05) is 6.92 Å². The summed E-state index contributed by atoms with van der Waals surface area (Å²) >= 11 is 0. The summed E-state index contributed by atoms with van der Waals surface area (Å²) in [7, 11) is 0. The molecule has 0 saturated heterocycles. The van der Waals surface area contributed by atoms with Gasteiger partial charge in [0.1, 0.15) is 5.75 Å². The van der Waals surface area contributed by atoms with Gasteiger partial charge in [0, 0.05) is 23.7 Å². The molecular weight excluding hydrogens is 334 g/mol. The lowest BCUT2D eigenvalue weighted by molar-refractivity contribution is -0.114. The summed E-state index contributed by atoms with van der Waals surface area (Å²) in [6.45, 7) is 3.96. The number of hydrogen-bond donors (Lipinski definition) is 3. The average Bonchev–Trinajstić information content (AvgIpc) is 2.64. The molecule has 3 amide bonds. The number of ether oxygens (including phenoxy) is 1. The van der Waals surface area contributed by atoms with E-state index in [4.69, 9.17) is 4.74 Å². The normalized spacial score (nSPS) is 9.92. The third-order valence-corrected chi connectivity index (χ3v) is 3.33. The highest BCUT2D eigenvalue weighted by Crippen LogP contribution is 2.13. The third-order valence-electron chi connectivity index (χ3n) is 3.33. The molecule has 7 nitrogen and oxygen atoms in total. The van der Waals surface area contributed by atoms with Gasteiger partial charge < -0.3 is 10.1 Å². The molecule has 2 rings (SSSR count). The van der Waals surface area contributed by atoms with Crippen LogP contribution < -0.4 is 20.9 Å². The lowest BCUT2D eigenvalue weighted by atomic mass is 10.2. The van der Waals surface area contributed by atoms with Gasteiger partial charge >= 0.3 is 0 Å². The summed E-state index contributed by atoms with van der Waals surface area (Å²) in [6, 6.07) is 13.0. The van der Waals surface area contributed by atoms with Crippen LogP contribution in [0.15, 0.2) is 48.5 Å². The SMILES string of the molecule is CCCOc1cccc(C(=O)NNC(=O)c2ccc(NC(C)=O)cc2)c1. The van der Waals surface area contributed by atoms with Crippen molar-refractivity contribution in [3.8, 4) is 5.75 Å². The summed E-state index contributed by atoms with van der Waals surface area (Å²) < 4.78 is 5.48. The molecule has 0 aromatic heterocycles. The van der Waals surface area contributed by atoms with E-state index in [-0.39, 0.29) is 5.91 Å². The Labute approximate surface area is 151 Å². The number of nitrogens with one attached hydrogen (secondary N) is 3. The molecule has 0 saturated carbocycles. The number of hydrogen-bond acceptors (Lipinski definition) is 4. The van der Waals surface area contributed by atoms with Crippen LogP contribution in [0.4, 0.5) is 5.69 Å². The fraction of sp³-hybridized carbons (Fsp3) is 0.211. The van der Waals surface area contributed by atoms with Gasteiger partial charge in [-0.25, -0.2) is 0 Å². The number of anilines is 1. The summed E-state index contributed by atoms with van der Waals surface area (Å²) in [5.41, 5.74) is 6.02. The molecule has 0 fully saturated rings. The molecule has 0 bridgehead atoms. The first-order valence-corrected chi connectivity index (χ1v) is 8.21. The molecule has 7 heteroatoms. The van der Waals surface area contributed by atoms with Crippen LogP contribution in [0.5, 0.6) is 5.75 Å². The van der Waals surface area contributed by atoms with Gasteiger partial charge in [-0.3, -0.25) is 25.2 Å². The molecule has 3 N–H and O–H groups in total. The van der Waals surface area contributed by atoms with Gasteiger partial charge in [0.05, 0.1) is 6.61 Å². The zero-order chi connectivity index (χ0) is 18.9. The largest absolute Gasteiger partial charge is 0.494 e. The van der Waals surface area contributed by atoms with Crippen LogP contribution in [0.2, 0.25) is 0 Å². The minimum absolute atomic E-state index is 0.195. The van der Waals surface area contributed by atoms with Crippen LogP contribution in [0.1, 0.15) is 41.0 Å². The van der Waals surface area contributed by atoms with Crippen LogP contribution in [0, 0.1) is 0 Å². The Morgan fingerprint density at radius 1 is 0.923 bits per heavy atom. The van der Waals surface area contributed by atoms with Crippen molar-refractivity contribution < 1.29 is 19.1 Å². The van der Waals surface area contributed by atoms with Crippen LogP contribution >= 0.6 is 0 Å². The number of amides is 3. The highest BCUT2D eigenvalue weighted by atomic mass is 16.5. The molecular formula is C19H21N3O4. The van der Waals surface area contributed by atoms with Crippen molar-refractivity contribution in [2.75, 3.05) is 11.9 Å². The zero-order valence-electron chi connectivity index (χ0n) is 14.7. The predicted molar refractivity (Wildman–Crippen MR) is 97.9 cm³/mol. The summed E-state index contributed by atoms with van der Waals surface area (Å²) in [4.78, 5) is 35.2. The van der Waals surface area contributed by atoms with Crippen molar-refractivity contribution in [1.82, 2.24) is 10.9 Å². The summed E-state index contributed by atoms with van der Waals surface area (Å²) in [6.07, 6.45) is 0.868. The van der Waals surface area contributed by atoms with Gasteiger partial charge in [-0.2, -0.15) is 0 Å². The van der Waals surface area contributed by atoms with Gasteiger partial charge in [0.2, 0.25) is 5.91 Å². The van der Waals surface area contributed by atoms with Crippen LogP contribution in [-0.2, 0) is 4.79 Å². The predicted octanol–water partition coefficient (Wildman–Crippen LogP) is 2.51. The second-order valence-corrected chi connectivity index (χ2v) is 5.54. The van der Waals surface area contributed by atoms with E-state index >= 15 is 0 Å². The molecule has 0 aliphatic carbocycles. The Hall–Kier alpha value is -3.35. The third kappa shape index (κ3) is 5.62. The number of carbonyl (C=O) groups excluding carboxylic acids is 3. The Morgan fingerprint density at radius 3 is 2.19 bits per heavy atom. The molecule has 0 aliphatic rings. The number of hydrazine groups is 1. The monoisotopic (exact) mass is 355 g/mol. The molecule has 0 radical (unpaired) electrons. The average molecular weight is 355 g/mol. The minimum atomic E-state index is -0.467. The molecule has 26 heavy (non-hydrogen) atoms. The highest BCUT2D eigenvalue weighted by molar-refractivity contribution is 5.99. The summed E-state index contributed by atoms with van der Waals surface area (Å²) in [5, 5.41) is 2.61. The van der Waals surface area contributed by atoms with E-state index in [0.29, 0.717) is 29.2 Å². The van der Waals surface area contributed by atoms with E-state index in [9.17, 15) is 14.4 Å². The van der Waals surface area contributed by atoms with Crippen LogP contribution in [-0.4, -0.2) is 24.3 Å². The molecule has 0 aliphatic heterocycles. The Bertz CT molecular complexity index is 788. The first-order valence-electron chi connectivity index (χ1n) is 8.21. The molecule has 2 aromatic carbocycles. The maximum absolute atomic E-state index is 12.2. The fourth-order valence-electron chi connectivity index (χ4n) is 2.11. The van der Waals surface area contributed by atoms with Gasteiger partial charge in [-0.05, 0) is 48.9 Å². The maximum Gasteiger partial charge on any atom is 0.269 e. The van der Waals surface area contributed by atoms with Crippen molar-refractivity contribution in [3.05, 3.63) is 59.7 Å². The molecule has 0 heterocycles. The molecule has 0 spiro atoms. The van der Waals surface area contributed by atoms with Crippen molar-refractivity contribution in [2.24, 2.45) is 0 Å². The first-order chi connectivity index (χ1) is 12.5. The Kier molecular flexibility index (Phi) is 6.73. The second kappa shape index (κ2) is 9.22. The molecule has 0 unspecified atom stereocenters. The van der Waals surface area contributed by atoms with Gasteiger partial charge in [0.15, 0.2) is 0 Å². The topological polar surface area (TPSA) is 96.5 Å². The van der Waals surface area contributed by atoms with Crippen LogP contribution in [0.3, 0.4) is 0 Å². The Morgan fingerprint density at radius 2 is 1.58 bits per heavy atom. The van der Waals surface area contributed by atoms with Gasteiger partial charge in [-0.1, -0.05) is 13.0 Å². The molecule has 0 atom stereocenters. The van der Waals surface area contributed by atoms with Crippen molar-refractivity contribution >= 4 is 23.4 Å². The lowest BCUT2D eigenvalue weighted by Crippen LogP contribution is -2.41. The molecule has 136 valence electrons. The van der Waals surface area contributed by atoms with Gasteiger partial charge in [0.25, 0.3) is 11.8 Å². The number of benzene rings is 2. The Balaban J connectivity index is 1.92. The fourth-order valence-corrected chi connectivity index (χ4v) is 2.11. The van der Waals surface area contributed by atoms with E-state index in [1.54, 1.807) is 48.5 Å². The van der Waals surface area contributed by atoms with E-state index in [2.05, 4.69) is 16.2 Å². The first kappa shape index (κ1) is 19.0. The van der Waals surface area contributed by atoms with Crippen molar-refractivity contribution in [1.29, 1.82) is 0 Å². The maximum atomic E-state index is 12.2. The van der Waals surface area contributed by atoms with Crippen molar-refractivity contribution in [2.45, 2.75) is 20.3 Å². The number of carbonyl (C=O) groups is 3. The smallest absolute Gasteiger partial charge is 0.269 e. The summed E-state index contributed by atoms with van der Waals surface area (Å²) in [5.74, 6) is -0.514. The lowest BCUT2D eigenvalue weighted by Gasteiger charge is -2.09. The van der Waals surface area contributed by atoms with E-state index < -0.39 is 11.8 Å². The second-order valence-electron chi connectivity index (χ2n) is 5.54. The van der Waals surface area contributed by atoms with E-state index in [0.717, 1.165) is 6.42 Å². The minimum Gasteiger partial charge on any atom is -0.494 e. The quantitative estimate of drug-likeness (QED) is 0.694. The highest BCUT2D eigenvalue weighted by Gasteiger charge is 2.10. The standard InChI is InChI=1S/C19H21N3O4/c1-3-11-26-17-6-4-5-15(12-17)19(25)22-21-18(24)14-7-9-16(10-8-14)20-13(2)23/h4-10,12H,3,11H2,1-2H3,(H,20,23)(H,21,24)(H,22,25). The molecule has 2 aromatic rings. The number of rotatable bonds is 6. The zero-order valence-corrected chi connectivity index (χ0v) is 14.7. The van der Waals surface area contributed by atoms with Gasteiger partial charge in [-0.15, -0.1) is 0 Å². The van der Waals surface area contributed by atoms with Crippen molar-refractivity contribution in [3.63, 3.8) is 0 Å². The van der Waals surface area contributed by atoms with Crippen LogP contribution in [0.25, 0.3) is 0 Å². The van der Waals surface area contributed by atoms with E-state index in [1.165, 1.54) is 6.92 Å².